The summed E-state index contributed by atoms with van der Waals surface area (Å²) in [5, 5.41) is 3.59. The number of benzene rings is 1. The molecule has 1 aromatic heterocycles. The Balaban J connectivity index is 2.28. The zero-order chi connectivity index (χ0) is 11.5. The van der Waals surface area contributed by atoms with Gasteiger partial charge < -0.3 is 5.32 Å². The fraction of sp³-hybridized carbons (Fsp3) is 0.250. The molecule has 0 unspecified atom stereocenters. The molecule has 1 N–H and O–H groups in total. The maximum Gasteiger partial charge on any atom is 0.261 e. The molecule has 0 aliphatic heterocycles. The second-order valence-corrected chi connectivity index (χ2v) is 4.63. The Morgan fingerprint density at radius 2 is 2.25 bits per heavy atom. The predicted molar refractivity (Wildman–Crippen MR) is 64.4 cm³/mol. The molecule has 2 nitrogen and oxygen atoms in total. The molecule has 16 heavy (non-hydrogen) atoms. The molecule has 0 aliphatic carbocycles. The van der Waals surface area contributed by atoms with Crippen LogP contribution in [-0.2, 0) is 0 Å². The van der Waals surface area contributed by atoms with E-state index >= 15 is 0 Å². The van der Waals surface area contributed by atoms with Crippen LogP contribution in [0.25, 0.3) is 10.1 Å². The lowest BCUT2D eigenvalue weighted by atomic mass is 10.2. The molecule has 0 atom stereocenters. The third-order valence-electron chi connectivity index (χ3n) is 2.24. The summed E-state index contributed by atoms with van der Waals surface area (Å²) in [5.74, 6) is -0.353. The zero-order valence-corrected chi connectivity index (χ0v) is 9.73. The van der Waals surface area contributed by atoms with Crippen LogP contribution >= 0.6 is 11.3 Å². The Morgan fingerprint density at radius 3 is 3.00 bits per heavy atom. The van der Waals surface area contributed by atoms with Gasteiger partial charge in [-0.2, -0.15) is 0 Å². The highest BCUT2D eigenvalue weighted by Gasteiger charge is 2.09. The van der Waals surface area contributed by atoms with Crippen molar-refractivity contribution in [2.75, 3.05) is 6.54 Å². The molecular weight excluding hydrogens is 225 g/mol. The number of fused-ring (bicyclic) bond motifs is 1. The summed E-state index contributed by atoms with van der Waals surface area (Å²) in [7, 11) is 0. The Labute approximate surface area is 97.1 Å². The van der Waals surface area contributed by atoms with Crippen LogP contribution in [0.4, 0.5) is 4.39 Å². The van der Waals surface area contributed by atoms with Crippen molar-refractivity contribution in [2.45, 2.75) is 13.3 Å². The van der Waals surface area contributed by atoms with Crippen LogP contribution in [0.5, 0.6) is 0 Å². The summed E-state index contributed by atoms with van der Waals surface area (Å²) in [6.07, 6.45) is 0.908. The maximum absolute atomic E-state index is 13.0. The number of carbonyl (C=O) groups is 1. The van der Waals surface area contributed by atoms with Gasteiger partial charge in [0.25, 0.3) is 5.91 Å². The lowest BCUT2D eigenvalue weighted by Gasteiger charge is -1.98. The molecule has 84 valence electrons. The van der Waals surface area contributed by atoms with E-state index in [-0.39, 0.29) is 11.7 Å². The van der Waals surface area contributed by atoms with E-state index in [0.29, 0.717) is 11.4 Å². The summed E-state index contributed by atoms with van der Waals surface area (Å²) in [6.45, 7) is 2.67. The van der Waals surface area contributed by atoms with Crippen LogP contribution in [0.15, 0.2) is 24.3 Å². The molecule has 1 heterocycles. The van der Waals surface area contributed by atoms with Gasteiger partial charge >= 0.3 is 0 Å². The van der Waals surface area contributed by atoms with E-state index < -0.39 is 0 Å². The Bertz CT molecular complexity index is 521. The first-order valence-corrected chi connectivity index (χ1v) is 5.99. The van der Waals surface area contributed by atoms with Crippen LogP contribution < -0.4 is 5.32 Å². The molecule has 0 radical (unpaired) electrons. The fourth-order valence-electron chi connectivity index (χ4n) is 1.45. The van der Waals surface area contributed by atoms with E-state index in [1.54, 1.807) is 12.1 Å². The first kappa shape index (κ1) is 11.1. The standard InChI is InChI=1S/C12H12FNOS/c1-2-5-14-12(15)11-7-8-6-9(13)3-4-10(8)16-11/h3-4,6-7H,2,5H2,1H3,(H,14,15). The molecule has 4 heteroatoms. The minimum absolute atomic E-state index is 0.0801. The van der Waals surface area contributed by atoms with Crippen LogP contribution in [0, 0.1) is 5.82 Å². The van der Waals surface area contributed by atoms with Crippen molar-refractivity contribution < 1.29 is 9.18 Å². The maximum atomic E-state index is 13.0. The zero-order valence-electron chi connectivity index (χ0n) is 8.92. The van der Waals surface area contributed by atoms with E-state index in [4.69, 9.17) is 0 Å². The summed E-state index contributed by atoms with van der Waals surface area (Å²) in [5.41, 5.74) is 0. The predicted octanol–water partition coefficient (Wildman–Crippen LogP) is 3.18. The van der Waals surface area contributed by atoms with E-state index in [1.165, 1.54) is 23.5 Å². The first-order chi connectivity index (χ1) is 7.70. The Kier molecular flexibility index (Phi) is 3.19. The van der Waals surface area contributed by atoms with Gasteiger partial charge in [-0.1, -0.05) is 6.92 Å². The van der Waals surface area contributed by atoms with Crippen molar-refractivity contribution in [3.63, 3.8) is 0 Å². The summed E-state index contributed by atoms with van der Waals surface area (Å²) >= 11 is 1.39. The molecule has 0 fully saturated rings. The van der Waals surface area contributed by atoms with Gasteiger partial charge in [-0.15, -0.1) is 11.3 Å². The highest BCUT2D eigenvalue weighted by atomic mass is 32.1. The first-order valence-electron chi connectivity index (χ1n) is 5.18. The molecule has 2 aromatic rings. The molecule has 0 aliphatic rings. The van der Waals surface area contributed by atoms with Gasteiger partial charge in [0, 0.05) is 11.2 Å². The third kappa shape index (κ3) is 2.22. The van der Waals surface area contributed by atoms with E-state index in [9.17, 15) is 9.18 Å². The number of amides is 1. The van der Waals surface area contributed by atoms with E-state index in [2.05, 4.69) is 5.32 Å². The molecule has 0 bridgehead atoms. The van der Waals surface area contributed by atoms with Gasteiger partial charge in [-0.3, -0.25) is 4.79 Å². The topological polar surface area (TPSA) is 29.1 Å². The molecule has 1 aromatic carbocycles. The van der Waals surface area contributed by atoms with Gasteiger partial charge in [0.05, 0.1) is 4.88 Å². The van der Waals surface area contributed by atoms with Crippen molar-refractivity contribution in [2.24, 2.45) is 0 Å². The van der Waals surface area contributed by atoms with Crippen LogP contribution in [-0.4, -0.2) is 12.5 Å². The highest BCUT2D eigenvalue weighted by molar-refractivity contribution is 7.20. The minimum Gasteiger partial charge on any atom is -0.351 e. The molecule has 0 spiro atoms. The van der Waals surface area contributed by atoms with Crippen LogP contribution in [0.1, 0.15) is 23.0 Å². The lowest BCUT2D eigenvalue weighted by Crippen LogP contribution is -2.22. The average Bonchev–Trinajstić information content (AvgIpc) is 2.68. The summed E-state index contributed by atoms with van der Waals surface area (Å²) < 4.78 is 13.9. The lowest BCUT2D eigenvalue weighted by molar-refractivity contribution is 0.0958. The third-order valence-corrected chi connectivity index (χ3v) is 3.35. The van der Waals surface area contributed by atoms with Gasteiger partial charge in [0.15, 0.2) is 0 Å². The number of rotatable bonds is 3. The van der Waals surface area contributed by atoms with Gasteiger partial charge in [0.2, 0.25) is 0 Å². The Morgan fingerprint density at radius 1 is 1.44 bits per heavy atom. The second kappa shape index (κ2) is 4.61. The Hall–Kier alpha value is -1.42. The van der Waals surface area contributed by atoms with Gasteiger partial charge in [-0.05, 0) is 36.1 Å². The molecule has 1 amide bonds. The van der Waals surface area contributed by atoms with Crippen molar-refractivity contribution in [3.05, 3.63) is 35.0 Å². The molecular formula is C12H12FNOS. The molecule has 0 saturated heterocycles. The van der Waals surface area contributed by atoms with Crippen LogP contribution in [0.3, 0.4) is 0 Å². The average molecular weight is 237 g/mol. The van der Waals surface area contributed by atoms with E-state index in [0.717, 1.165) is 16.5 Å². The monoisotopic (exact) mass is 237 g/mol. The van der Waals surface area contributed by atoms with Gasteiger partial charge in [0.1, 0.15) is 5.82 Å². The SMILES string of the molecule is CCCNC(=O)c1cc2cc(F)ccc2s1. The number of halogens is 1. The van der Waals surface area contributed by atoms with Crippen molar-refractivity contribution >= 4 is 27.3 Å². The van der Waals surface area contributed by atoms with Crippen molar-refractivity contribution in [1.82, 2.24) is 5.32 Å². The highest BCUT2D eigenvalue weighted by Crippen LogP contribution is 2.26. The number of nitrogens with one attached hydrogen (secondary N) is 1. The fourth-order valence-corrected chi connectivity index (χ4v) is 2.41. The number of hydrogen-bond acceptors (Lipinski definition) is 2. The summed E-state index contributed by atoms with van der Waals surface area (Å²) in [6, 6.07) is 6.29. The molecule has 0 saturated carbocycles. The van der Waals surface area contributed by atoms with Gasteiger partial charge in [-0.25, -0.2) is 4.39 Å². The number of hydrogen-bond donors (Lipinski definition) is 1. The smallest absolute Gasteiger partial charge is 0.261 e. The number of carbonyl (C=O) groups excluding carboxylic acids is 1. The summed E-state index contributed by atoms with van der Waals surface area (Å²) in [4.78, 5) is 12.3. The van der Waals surface area contributed by atoms with Crippen molar-refractivity contribution in [3.8, 4) is 0 Å². The van der Waals surface area contributed by atoms with Crippen LogP contribution in [0.2, 0.25) is 0 Å². The van der Waals surface area contributed by atoms with E-state index in [1.807, 2.05) is 6.92 Å². The second-order valence-electron chi connectivity index (χ2n) is 3.55. The van der Waals surface area contributed by atoms with Crippen molar-refractivity contribution in [1.29, 1.82) is 0 Å². The normalized spacial score (nSPS) is 10.6. The minimum atomic E-state index is -0.272. The largest absolute Gasteiger partial charge is 0.351 e. The molecule has 2 rings (SSSR count). The number of thiophene rings is 1. The quantitative estimate of drug-likeness (QED) is 0.872.